The number of piperidine rings is 1. The number of carbonyl (C=O) groups is 2. The lowest BCUT2D eigenvalue weighted by atomic mass is 9.80. The molecule has 1 aliphatic heterocycles. The molecule has 0 aromatic rings. The Hall–Kier alpha value is -1.26. The van der Waals surface area contributed by atoms with E-state index in [4.69, 9.17) is 0 Å². The number of nitrogens with zero attached hydrogens (tertiary/aromatic N) is 1. The first-order valence-corrected chi connectivity index (χ1v) is 8.18. The van der Waals surface area contributed by atoms with Gasteiger partial charge in [-0.2, -0.15) is 0 Å². The first-order valence-electron chi connectivity index (χ1n) is 8.18. The lowest BCUT2D eigenvalue weighted by Gasteiger charge is -2.39. The molecule has 0 radical (unpaired) electrons. The number of hydrogen-bond acceptors (Lipinski definition) is 2. The standard InChI is InChI=1S/C16H28N2O3/c1-10-4-5-13(12(3)8-10)17-16(21)18-7-6-11(2)9-14(18)15(19)20/h10-14H,4-9H2,1-3H3,(H,17,21)(H,19,20). The number of amides is 2. The Labute approximate surface area is 127 Å². The number of urea groups is 1. The van der Waals surface area contributed by atoms with Gasteiger partial charge < -0.3 is 15.3 Å². The molecule has 0 aromatic carbocycles. The summed E-state index contributed by atoms with van der Waals surface area (Å²) in [6.07, 6.45) is 4.70. The second-order valence-electron chi connectivity index (χ2n) is 7.13. The van der Waals surface area contributed by atoms with Crippen molar-refractivity contribution in [3.8, 4) is 0 Å². The van der Waals surface area contributed by atoms with Crippen molar-refractivity contribution < 1.29 is 14.7 Å². The van der Waals surface area contributed by atoms with Gasteiger partial charge in [0, 0.05) is 12.6 Å². The molecule has 1 saturated heterocycles. The van der Waals surface area contributed by atoms with E-state index in [-0.39, 0.29) is 12.1 Å². The van der Waals surface area contributed by atoms with Crippen LogP contribution < -0.4 is 5.32 Å². The molecule has 5 heteroatoms. The van der Waals surface area contributed by atoms with Crippen molar-refractivity contribution in [1.82, 2.24) is 10.2 Å². The van der Waals surface area contributed by atoms with Gasteiger partial charge >= 0.3 is 12.0 Å². The van der Waals surface area contributed by atoms with Crippen LogP contribution in [0, 0.1) is 17.8 Å². The first-order chi connectivity index (χ1) is 9.88. The number of hydrogen-bond donors (Lipinski definition) is 2. The van der Waals surface area contributed by atoms with Crippen molar-refractivity contribution in [2.24, 2.45) is 17.8 Å². The van der Waals surface area contributed by atoms with E-state index in [0.717, 1.165) is 31.6 Å². The molecule has 2 amide bonds. The van der Waals surface area contributed by atoms with E-state index in [1.54, 1.807) is 0 Å². The lowest BCUT2D eigenvalue weighted by molar-refractivity contribution is -0.143. The van der Waals surface area contributed by atoms with Gasteiger partial charge in [0.05, 0.1) is 0 Å². The fraction of sp³-hybridized carbons (Fsp3) is 0.875. The average Bonchev–Trinajstić information content (AvgIpc) is 2.41. The molecule has 2 N–H and O–H groups in total. The Morgan fingerprint density at radius 1 is 1.05 bits per heavy atom. The highest BCUT2D eigenvalue weighted by Crippen LogP contribution is 2.29. The maximum absolute atomic E-state index is 12.5. The van der Waals surface area contributed by atoms with E-state index >= 15 is 0 Å². The molecule has 5 nitrogen and oxygen atoms in total. The third-order valence-electron chi connectivity index (χ3n) is 5.15. The fourth-order valence-electron chi connectivity index (χ4n) is 3.74. The van der Waals surface area contributed by atoms with Gasteiger partial charge in [0.1, 0.15) is 6.04 Å². The molecule has 1 aliphatic carbocycles. The number of aliphatic carboxylic acids is 1. The van der Waals surface area contributed by atoms with E-state index < -0.39 is 12.0 Å². The van der Waals surface area contributed by atoms with E-state index in [1.807, 2.05) is 0 Å². The monoisotopic (exact) mass is 296 g/mol. The average molecular weight is 296 g/mol. The van der Waals surface area contributed by atoms with Gasteiger partial charge in [-0.15, -0.1) is 0 Å². The van der Waals surface area contributed by atoms with Crippen LogP contribution in [0.15, 0.2) is 0 Å². The van der Waals surface area contributed by atoms with Gasteiger partial charge in [0.25, 0.3) is 0 Å². The normalized spacial score (nSPS) is 37.1. The van der Waals surface area contributed by atoms with Crippen LogP contribution >= 0.6 is 0 Å². The maximum Gasteiger partial charge on any atom is 0.326 e. The molecule has 0 aromatic heterocycles. The zero-order valence-corrected chi connectivity index (χ0v) is 13.3. The van der Waals surface area contributed by atoms with Crippen molar-refractivity contribution in [2.75, 3.05) is 6.54 Å². The van der Waals surface area contributed by atoms with Gasteiger partial charge in [-0.25, -0.2) is 9.59 Å². The van der Waals surface area contributed by atoms with Crippen molar-refractivity contribution in [1.29, 1.82) is 0 Å². The number of carboxylic acids is 1. The molecule has 2 rings (SSSR count). The molecular weight excluding hydrogens is 268 g/mol. The highest BCUT2D eigenvalue weighted by atomic mass is 16.4. The van der Waals surface area contributed by atoms with Gasteiger partial charge in [-0.1, -0.05) is 20.8 Å². The highest BCUT2D eigenvalue weighted by Gasteiger charge is 2.36. The predicted octanol–water partition coefficient (Wildman–Crippen LogP) is 2.71. The maximum atomic E-state index is 12.5. The summed E-state index contributed by atoms with van der Waals surface area (Å²) in [6.45, 7) is 7.02. The summed E-state index contributed by atoms with van der Waals surface area (Å²) in [7, 11) is 0. The second kappa shape index (κ2) is 6.67. The van der Waals surface area contributed by atoms with Gasteiger partial charge in [0.2, 0.25) is 0 Å². The largest absolute Gasteiger partial charge is 0.480 e. The first kappa shape index (κ1) is 16.1. The highest BCUT2D eigenvalue weighted by molar-refractivity contribution is 5.83. The number of carbonyl (C=O) groups excluding carboxylic acids is 1. The number of rotatable bonds is 2. The molecule has 2 aliphatic rings. The fourth-order valence-corrected chi connectivity index (χ4v) is 3.74. The zero-order valence-electron chi connectivity index (χ0n) is 13.3. The molecule has 1 heterocycles. The summed E-state index contributed by atoms with van der Waals surface area (Å²) in [6, 6.07) is -0.685. The smallest absolute Gasteiger partial charge is 0.326 e. The zero-order chi connectivity index (χ0) is 15.6. The summed E-state index contributed by atoms with van der Waals surface area (Å²) < 4.78 is 0. The van der Waals surface area contributed by atoms with Gasteiger partial charge in [-0.05, 0) is 49.9 Å². The molecule has 1 saturated carbocycles. The van der Waals surface area contributed by atoms with Crippen LogP contribution in [0.25, 0.3) is 0 Å². The molecule has 21 heavy (non-hydrogen) atoms. The predicted molar refractivity (Wildman–Crippen MR) is 81.0 cm³/mol. The molecule has 5 atom stereocenters. The molecule has 120 valence electrons. The molecule has 2 fully saturated rings. The van der Waals surface area contributed by atoms with Gasteiger partial charge in [0.15, 0.2) is 0 Å². The van der Waals surface area contributed by atoms with Crippen LogP contribution in [-0.4, -0.2) is 40.6 Å². The lowest BCUT2D eigenvalue weighted by Crippen LogP contribution is -2.56. The van der Waals surface area contributed by atoms with Crippen LogP contribution in [0.2, 0.25) is 0 Å². The summed E-state index contributed by atoms with van der Waals surface area (Å²) in [5.41, 5.74) is 0. The number of likely N-dealkylation sites (tertiary alicyclic amines) is 1. The summed E-state index contributed by atoms with van der Waals surface area (Å²) in [5.74, 6) is 0.659. The minimum Gasteiger partial charge on any atom is -0.480 e. The van der Waals surface area contributed by atoms with E-state index in [9.17, 15) is 14.7 Å². The third kappa shape index (κ3) is 3.89. The number of nitrogens with one attached hydrogen (secondary N) is 1. The van der Waals surface area contributed by atoms with E-state index in [0.29, 0.717) is 24.8 Å². The molecule has 5 unspecified atom stereocenters. The Balaban J connectivity index is 1.96. The quantitative estimate of drug-likeness (QED) is 0.823. The summed E-state index contributed by atoms with van der Waals surface area (Å²) in [4.78, 5) is 25.4. The topological polar surface area (TPSA) is 69.6 Å². The Bertz CT molecular complexity index is 399. The van der Waals surface area contributed by atoms with E-state index in [1.165, 1.54) is 4.90 Å². The molecule has 0 spiro atoms. The van der Waals surface area contributed by atoms with Crippen molar-refractivity contribution in [3.63, 3.8) is 0 Å². The van der Waals surface area contributed by atoms with Crippen LogP contribution in [-0.2, 0) is 4.79 Å². The van der Waals surface area contributed by atoms with Crippen molar-refractivity contribution in [2.45, 2.75) is 65.0 Å². The van der Waals surface area contributed by atoms with Crippen molar-refractivity contribution >= 4 is 12.0 Å². The van der Waals surface area contributed by atoms with Crippen LogP contribution in [0.1, 0.15) is 52.9 Å². The van der Waals surface area contributed by atoms with Gasteiger partial charge in [-0.3, -0.25) is 0 Å². The van der Waals surface area contributed by atoms with Crippen LogP contribution in [0.3, 0.4) is 0 Å². The minimum absolute atomic E-state index is 0.183. The van der Waals surface area contributed by atoms with Crippen LogP contribution in [0.5, 0.6) is 0 Å². The second-order valence-corrected chi connectivity index (χ2v) is 7.13. The van der Waals surface area contributed by atoms with Crippen LogP contribution in [0.4, 0.5) is 4.79 Å². The van der Waals surface area contributed by atoms with E-state index in [2.05, 4.69) is 26.1 Å². The Kier molecular flexibility index (Phi) is 5.12. The SMILES string of the molecule is CC1CCC(NC(=O)N2CCC(C)CC2C(=O)O)C(C)C1. The molecular formula is C16H28N2O3. The van der Waals surface area contributed by atoms with Crippen molar-refractivity contribution in [3.05, 3.63) is 0 Å². The Morgan fingerprint density at radius 2 is 1.71 bits per heavy atom. The summed E-state index contributed by atoms with van der Waals surface area (Å²) in [5, 5.41) is 12.4. The Morgan fingerprint density at radius 3 is 2.33 bits per heavy atom. The minimum atomic E-state index is -0.887. The molecule has 0 bridgehead atoms. The summed E-state index contributed by atoms with van der Waals surface area (Å²) >= 11 is 0. The number of carboxylic acid groups (broad SMARTS) is 1. The third-order valence-corrected chi connectivity index (χ3v) is 5.15.